The minimum atomic E-state index is -4.44. The fourth-order valence-electron chi connectivity index (χ4n) is 3.64. The number of rotatable bonds is 6. The standard InChI is InChI=1S/C25H22F3N5O2/c1-2-35-23(30)17-6-5-16-11-21(24(34)32-19-9-10-22(29)31-13-19)33(20(16)12-17)14-15-3-7-18(8-4-15)25(26,27)28/h3-13,30H,2,14H2,1H3,(H2,29,31)(H,32,34). The molecule has 0 bridgehead atoms. The summed E-state index contributed by atoms with van der Waals surface area (Å²) < 4.78 is 46.0. The first-order valence-electron chi connectivity index (χ1n) is 10.7. The van der Waals surface area contributed by atoms with E-state index in [0.717, 1.165) is 17.5 Å². The first-order valence-corrected chi connectivity index (χ1v) is 10.7. The third kappa shape index (κ3) is 5.26. The summed E-state index contributed by atoms with van der Waals surface area (Å²) >= 11 is 0. The number of nitrogen functional groups attached to an aromatic ring is 1. The summed E-state index contributed by atoms with van der Waals surface area (Å²) in [4.78, 5) is 17.1. The van der Waals surface area contributed by atoms with Gasteiger partial charge in [0.1, 0.15) is 11.5 Å². The van der Waals surface area contributed by atoms with Gasteiger partial charge in [-0.25, -0.2) is 4.98 Å². The molecule has 4 N–H and O–H groups in total. The molecule has 0 atom stereocenters. The molecule has 2 heterocycles. The van der Waals surface area contributed by atoms with Crippen molar-refractivity contribution >= 4 is 34.2 Å². The van der Waals surface area contributed by atoms with E-state index in [0.29, 0.717) is 34.8 Å². The number of nitrogens with two attached hydrogens (primary N) is 1. The van der Waals surface area contributed by atoms with Crippen molar-refractivity contribution in [3.05, 3.63) is 89.2 Å². The Labute approximate surface area is 198 Å². The smallest absolute Gasteiger partial charge is 0.416 e. The first kappa shape index (κ1) is 23.8. The van der Waals surface area contributed by atoms with Crippen LogP contribution in [0.25, 0.3) is 10.9 Å². The number of aromatic nitrogens is 2. The van der Waals surface area contributed by atoms with Crippen LogP contribution in [0.1, 0.15) is 34.1 Å². The minimum absolute atomic E-state index is 0.0179. The van der Waals surface area contributed by atoms with E-state index >= 15 is 0 Å². The minimum Gasteiger partial charge on any atom is -0.478 e. The number of hydrogen-bond donors (Lipinski definition) is 3. The quantitative estimate of drug-likeness (QED) is 0.257. The van der Waals surface area contributed by atoms with Gasteiger partial charge in [0.25, 0.3) is 5.91 Å². The average Bonchev–Trinajstić information content (AvgIpc) is 3.18. The molecule has 180 valence electrons. The second-order valence-corrected chi connectivity index (χ2v) is 7.77. The molecule has 2 aromatic carbocycles. The Kier molecular flexibility index (Phi) is 6.46. The highest BCUT2D eigenvalue weighted by molar-refractivity contribution is 6.07. The Morgan fingerprint density at radius 3 is 2.49 bits per heavy atom. The molecule has 0 spiro atoms. The normalized spacial score (nSPS) is 11.4. The predicted octanol–water partition coefficient (Wildman–Crippen LogP) is 5.30. The first-order chi connectivity index (χ1) is 16.7. The number of amides is 1. The van der Waals surface area contributed by atoms with Crippen LogP contribution in [0.15, 0.2) is 66.9 Å². The zero-order valence-electron chi connectivity index (χ0n) is 18.7. The van der Waals surface area contributed by atoms with Gasteiger partial charge in [-0.2, -0.15) is 13.2 Å². The van der Waals surface area contributed by atoms with Crippen molar-refractivity contribution < 1.29 is 22.7 Å². The van der Waals surface area contributed by atoms with Gasteiger partial charge in [-0.05, 0) is 55.0 Å². The summed E-state index contributed by atoms with van der Waals surface area (Å²) in [6.45, 7) is 2.23. The van der Waals surface area contributed by atoms with Crippen LogP contribution in [0.5, 0.6) is 0 Å². The van der Waals surface area contributed by atoms with Gasteiger partial charge in [-0.1, -0.05) is 18.2 Å². The van der Waals surface area contributed by atoms with Crippen molar-refractivity contribution in [2.24, 2.45) is 0 Å². The number of carbonyl (C=O) groups is 1. The van der Waals surface area contributed by atoms with Crippen molar-refractivity contribution in [3.63, 3.8) is 0 Å². The van der Waals surface area contributed by atoms with Crippen LogP contribution in [0.3, 0.4) is 0 Å². The molecule has 0 saturated carbocycles. The highest BCUT2D eigenvalue weighted by atomic mass is 19.4. The largest absolute Gasteiger partial charge is 0.478 e. The molecule has 4 rings (SSSR count). The van der Waals surface area contributed by atoms with E-state index in [-0.39, 0.29) is 18.1 Å². The van der Waals surface area contributed by atoms with Gasteiger partial charge in [0.05, 0.1) is 24.1 Å². The van der Waals surface area contributed by atoms with E-state index in [1.807, 2.05) is 0 Å². The van der Waals surface area contributed by atoms with Crippen molar-refractivity contribution in [2.45, 2.75) is 19.6 Å². The number of halogens is 3. The van der Waals surface area contributed by atoms with Crippen molar-refractivity contribution in [2.75, 3.05) is 17.7 Å². The van der Waals surface area contributed by atoms with Gasteiger partial charge < -0.3 is 20.4 Å². The van der Waals surface area contributed by atoms with Crippen LogP contribution in [-0.2, 0) is 17.5 Å². The fraction of sp³-hybridized carbons (Fsp3) is 0.160. The maximum absolute atomic E-state index is 13.2. The van der Waals surface area contributed by atoms with E-state index in [1.54, 1.807) is 47.9 Å². The van der Waals surface area contributed by atoms with Crippen molar-refractivity contribution in [1.82, 2.24) is 9.55 Å². The second-order valence-electron chi connectivity index (χ2n) is 7.77. The summed E-state index contributed by atoms with van der Waals surface area (Å²) in [5, 5.41) is 11.6. The zero-order valence-corrected chi connectivity index (χ0v) is 18.7. The molecule has 0 saturated heterocycles. The molecule has 0 aliphatic carbocycles. The number of fused-ring (bicyclic) bond motifs is 1. The molecular formula is C25H22F3N5O2. The summed E-state index contributed by atoms with van der Waals surface area (Å²) in [6.07, 6.45) is -3.01. The molecule has 10 heteroatoms. The van der Waals surface area contributed by atoms with E-state index in [2.05, 4.69) is 10.3 Å². The molecule has 0 aliphatic rings. The van der Waals surface area contributed by atoms with Crippen LogP contribution in [0, 0.1) is 5.41 Å². The Balaban J connectivity index is 1.75. The Hall–Kier alpha value is -4.34. The molecule has 0 fully saturated rings. The molecule has 0 unspecified atom stereocenters. The molecular weight excluding hydrogens is 459 g/mol. The molecule has 1 amide bonds. The molecule has 2 aromatic heterocycles. The number of ether oxygens (including phenoxy) is 1. The van der Waals surface area contributed by atoms with Gasteiger partial charge in [0.15, 0.2) is 0 Å². The lowest BCUT2D eigenvalue weighted by Crippen LogP contribution is -2.18. The van der Waals surface area contributed by atoms with E-state index in [4.69, 9.17) is 15.9 Å². The van der Waals surface area contributed by atoms with Crippen molar-refractivity contribution in [3.8, 4) is 0 Å². The number of anilines is 2. The molecule has 35 heavy (non-hydrogen) atoms. The third-order valence-electron chi connectivity index (χ3n) is 5.35. The van der Waals surface area contributed by atoms with E-state index in [9.17, 15) is 18.0 Å². The Morgan fingerprint density at radius 1 is 1.11 bits per heavy atom. The van der Waals surface area contributed by atoms with Crippen LogP contribution < -0.4 is 11.1 Å². The number of nitrogens with zero attached hydrogens (tertiary/aromatic N) is 2. The van der Waals surface area contributed by atoms with E-state index in [1.165, 1.54) is 18.3 Å². The summed E-state index contributed by atoms with van der Waals surface area (Å²) in [5.74, 6) is -0.138. The van der Waals surface area contributed by atoms with Gasteiger partial charge in [-0.3, -0.25) is 10.2 Å². The number of carbonyl (C=O) groups excluding carboxylic acids is 1. The lowest BCUT2D eigenvalue weighted by molar-refractivity contribution is -0.137. The fourth-order valence-corrected chi connectivity index (χ4v) is 3.64. The summed E-state index contributed by atoms with van der Waals surface area (Å²) in [6, 6.07) is 14.8. The maximum atomic E-state index is 13.2. The van der Waals surface area contributed by atoms with Crippen LogP contribution in [0.2, 0.25) is 0 Å². The molecule has 0 radical (unpaired) electrons. The highest BCUT2D eigenvalue weighted by Crippen LogP contribution is 2.30. The summed E-state index contributed by atoms with van der Waals surface area (Å²) in [7, 11) is 0. The van der Waals surface area contributed by atoms with E-state index < -0.39 is 17.6 Å². The van der Waals surface area contributed by atoms with Gasteiger partial charge in [0.2, 0.25) is 5.90 Å². The van der Waals surface area contributed by atoms with Gasteiger partial charge >= 0.3 is 6.18 Å². The third-order valence-corrected chi connectivity index (χ3v) is 5.35. The highest BCUT2D eigenvalue weighted by Gasteiger charge is 2.30. The number of alkyl halides is 3. The van der Waals surface area contributed by atoms with Crippen LogP contribution in [-0.4, -0.2) is 28.0 Å². The number of benzene rings is 2. The van der Waals surface area contributed by atoms with Crippen LogP contribution >= 0.6 is 0 Å². The molecule has 7 nitrogen and oxygen atoms in total. The number of pyridine rings is 1. The summed E-state index contributed by atoms with van der Waals surface area (Å²) in [5.41, 5.74) is 7.30. The van der Waals surface area contributed by atoms with Gasteiger partial charge in [0, 0.05) is 23.0 Å². The monoisotopic (exact) mass is 481 g/mol. The average molecular weight is 481 g/mol. The lowest BCUT2D eigenvalue weighted by Gasteiger charge is -2.13. The SMILES string of the molecule is CCOC(=N)c1ccc2cc(C(=O)Nc3ccc(N)nc3)n(Cc3ccc(C(F)(F)F)cc3)c2c1. The number of nitrogens with one attached hydrogen (secondary N) is 2. The zero-order chi connectivity index (χ0) is 25.2. The Bertz CT molecular complexity index is 1380. The van der Waals surface area contributed by atoms with Gasteiger partial charge in [-0.15, -0.1) is 0 Å². The van der Waals surface area contributed by atoms with Crippen molar-refractivity contribution in [1.29, 1.82) is 5.41 Å². The topological polar surface area (TPSA) is 106 Å². The lowest BCUT2D eigenvalue weighted by atomic mass is 10.1. The second kappa shape index (κ2) is 9.49. The predicted molar refractivity (Wildman–Crippen MR) is 128 cm³/mol. The maximum Gasteiger partial charge on any atom is 0.416 e. The molecule has 0 aliphatic heterocycles. The number of hydrogen-bond acceptors (Lipinski definition) is 5. The Morgan fingerprint density at radius 2 is 1.86 bits per heavy atom. The molecule has 4 aromatic rings. The van der Waals surface area contributed by atoms with Crippen LogP contribution in [0.4, 0.5) is 24.7 Å².